The average Bonchev–Trinajstić information content (AvgIpc) is 1.38. The van der Waals surface area contributed by atoms with Gasteiger partial charge in [-0.15, -0.1) is 0 Å². The molecule has 30 valence electrons. The summed E-state index contributed by atoms with van der Waals surface area (Å²) in [6.45, 7) is 2.28. The van der Waals surface area contributed by atoms with E-state index < -0.39 is 0 Å². The predicted octanol–water partition coefficient (Wildman–Crippen LogP) is -0.580. The van der Waals surface area contributed by atoms with Gasteiger partial charge in [-0.3, -0.25) is 0 Å². The van der Waals surface area contributed by atoms with Crippen molar-refractivity contribution in [3.63, 3.8) is 0 Å². The first-order chi connectivity index (χ1) is 2.27. The van der Waals surface area contributed by atoms with E-state index >= 15 is 0 Å². The molecule has 0 aromatic rings. The molecule has 1 atom stereocenters. The second kappa shape index (κ2) is 2.27. The Bertz CT molecular complexity index is 20.9. The standard InChI is InChI=1S/C3H9BO/c1-3(4)2-5/h3,5H,2,4H2,1H3/t3-/m0/s1. The first-order valence-electron chi connectivity index (χ1n) is 1.88. The van der Waals surface area contributed by atoms with E-state index in [2.05, 4.69) is 0 Å². The third-order valence-electron chi connectivity index (χ3n) is 0.365. The molecule has 0 saturated carbocycles. The topological polar surface area (TPSA) is 20.2 Å². The normalized spacial score (nSPS) is 14.8. The minimum Gasteiger partial charge on any atom is -0.397 e. The zero-order valence-electron chi connectivity index (χ0n) is 3.73. The van der Waals surface area contributed by atoms with Crippen LogP contribution in [0.4, 0.5) is 0 Å². The van der Waals surface area contributed by atoms with Gasteiger partial charge in [0.15, 0.2) is 0 Å². The maximum atomic E-state index is 8.14. The molecule has 0 saturated heterocycles. The van der Waals surface area contributed by atoms with Gasteiger partial charge in [0.2, 0.25) is 0 Å². The average molecular weight is 71.9 g/mol. The molecule has 0 aliphatic carbocycles. The number of aliphatic hydroxyl groups is 1. The third kappa shape index (κ3) is 4.02. The van der Waals surface area contributed by atoms with Gasteiger partial charge in [0.25, 0.3) is 0 Å². The monoisotopic (exact) mass is 72.1 g/mol. The summed E-state index contributed by atoms with van der Waals surface area (Å²) in [5, 5.41) is 8.14. The minimum atomic E-state index is 0.306. The van der Waals surface area contributed by atoms with Gasteiger partial charge in [-0.1, -0.05) is 6.92 Å². The van der Waals surface area contributed by atoms with Crippen LogP contribution in [0.15, 0.2) is 0 Å². The van der Waals surface area contributed by atoms with Crippen LogP contribution in [-0.2, 0) is 0 Å². The van der Waals surface area contributed by atoms with Crippen LogP contribution in [-0.4, -0.2) is 19.6 Å². The van der Waals surface area contributed by atoms with E-state index in [1.807, 2.05) is 14.8 Å². The van der Waals surface area contributed by atoms with Gasteiger partial charge < -0.3 is 5.11 Å². The van der Waals surface area contributed by atoms with Gasteiger partial charge in [0.1, 0.15) is 7.85 Å². The molecule has 0 aliphatic rings. The highest BCUT2D eigenvalue weighted by Crippen LogP contribution is 1.87. The summed E-state index contributed by atoms with van der Waals surface area (Å²) >= 11 is 0. The second-order valence-electron chi connectivity index (χ2n) is 1.58. The Morgan fingerprint density at radius 2 is 2.20 bits per heavy atom. The van der Waals surface area contributed by atoms with Crippen molar-refractivity contribution in [3.05, 3.63) is 0 Å². The van der Waals surface area contributed by atoms with Gasteiger partial charge in [0, 0.05) is 6.61 Å². The van der Waals surface area contributed by atoms with Crippen molar-refractivity contribution in [1.82, 2.24) is 0 Å². The summed E-state index contributed by atoms with van der Waals surface area (Å²) in [5.74, 6) is 0.440. The van der Waals surface area contributed by atoms with Crippen LogP contribution >= 0.6 is 0 Å². The van der Waals surface area contributed by atoms with E-state index in [1.54, 1.807) is 0 Å². The van der Waals surface area contributed by atoms with E-state index in [0.717, 1.165) is 0 Å². The van der Waals surface area contributed by atoms with Crippen LogP contribution in [0.25, 0.3) is 0 Å². The van der Waals surface area contributed by atoms with Gasteiger partial charge in [-0.25, -0.2) is 0 Å². The molecule has 0 aromatic carbocycles. The van der Waals surface area contributed by atoms with Gasteiger partial charge in [-0.2, -0.15) is 0 Å². The summed E-state index contributed by atoms with van der Waals surface area (Å²) in [5.41, 5.74) is 0. The van der Waals surface area contributed by atoms with Crippen molar-refractivity contribution < 1.29 is 5.11 Å². The maximum Gasteiger partial charge on any atom is 0.107 e. The van der Waals surface area contributed by atoms with E-state index in [0.29, 0.717) is 12.4 Å². The Kier molecular flexibility index (Phi) is 2.28. The van der Waals surface area contributed by atoms with Crippen molar-refractivity contribution in [1.29, 1.82) is 0 Å². The highest BCUT2D eigenvalue weighted by molar-refractivity contribution is 6.11. The van der Waals surface area contributed by atoms with E-state index in [9.17, 15) is 0 Å². The highest BCUT2D eigenvalue weighted by atomic mass is 16.3. The van der Waals surface area contributed by atoms with E-state index in [1.165, 1.54) is 0 Å². The Morgan fingerprint density at radius 1 is 2.00 bits per heavy atom. The number of aliphatic hydroxyl groups excluding tert-OH is 1. The number of hydrogen-bond acceptors (Lipinski definition) is 1. The molecular weight excluding hydrogens is 62.8 g/mol. The van der Waals surface area contributed by atoms with Crippen LogP contribution in [0.3, 0.4) is 0 Å². The fourth-order valence-corrected chi connectivity index (χ4v) is 0. The van der Waals surface area contributed by atoms with Crippen LogP contribution in [0.1, 0.15) is 6.92 Å². The van der Waals surface area contributed by atoms with Crippen LogP contribution < -0.4 is 0 Å². The van der Waals surface area contributed by atoms with Crippen LogP contribution in [0.2, 0.25) is 5.82 Å². The van der Waals surface area contributed by atoms with Crippen molar-refractivity contribution in [2.75, 3.05) is 6.61 Å². The number of hydrogen-bond donors (Lipinski definition) is 1. The number of rotatable bonds is 1. The summed E-state index contributed by atoms with van der Waals surface area (Å²) in [6.07, 6.45) is 0. The molecule has 1 nitrogen and oxygen atoms in total. The van der Waals surface area contributed by atoms with Gasteiger partial charge in [-0.05, 0) is 5.82 Å². The fourth-order valence-electron chi connectivity index (χ4n) is 0. The molecule has 1 N–H and O–H groups in total. The van der Waals surface area contributed by atoms with Crippen LogP contribution in [0, 0.1) is 0 Å². The minimum absolute atomic E-state index is 0.306. The fraction of sp³-hybridized carbons (Fsp3) is 1.00. The first kappa shape index (κ1) is 5.02. The summed E-state index contributed by atoms with van der Waals surface area (Å²) in [7, 11) is 1.97. The summed E-state index contributed by atoms with van der Waals surface area (Å²) in [4.78, 5) is 0. The quantitative estimate of drug-likeness (QED) is 0.411. The highest BCUT2D eigenvalue weighted by Gasteiger charge is 1.82. The lowest BCUT2D eigenvalue weighted by Gasteiger charge is -1.89. The van der Waals surface area contributed by atoms with Crippen molar-refractivity contribution >= 4 is 7.85 Å². The third-order valence-corrected chi connectivity index (χ3v) is 0.365. The first-order valence-corrected chi connectivity index (χ1v) is 1.88. The molecule has 2 heteroatoms. The molecular formula is C3H9BO. The molecule has 0 heterocycles. The van der Waals surface area contributed by atoms with Crippen molar-refractivity contribution in [3.8, 4) is 0 Å². The Hall–Kier alpha value is 0.0249. The summed E-state index contributed by atoms with van der Waals surface area (Å²) < 4.78 is 0. The zero-order chi connectivity index (χ0) is 4.28. The largest absolute Gasteiger partial charge is 0.397 e. The second-order valence-corrected chi connectivity index (χ2v) is 1.58. The molecule has 0 aromatic heterocycles. The molecule has 0 unspecified atom stereocenters. The Balaban J connectivity index is 2.54. The van der Waals surface area contributed by atoms with Crippen LogP contribution in [0.5, 0.6) is 0 Å². The molecule has 0 spiro atoms. The van der Waals surface area contributed by atoms with Crippen molar-refractivity contribution in [2.24, 2.45) is 0 Å². The van der Waals surface area contributed by atoms with Crippen molar-refractivity contribution in [2.45, 2.75) is 12.7 Å². The maximum absolute atomic E-state index is 8.14. The molecule has 5 heavy (non-hydrogen) atoms. The zero-order valence-corrected chi connectivity index (χ0v) is 3.73. The Morgan fingerprint density at radius 3 is 2.20 bits per heavy atom. The molecule has 0 rings (SSSR count). The van der Waals surface area contributed by atoms with E-state index in [-0.39, 0.29) is 0 Å². The SMILES string of the molecule is B[C@@H](C)CO. The molecule has 0 bridgehead atoms. The molecule has 0 amide bonds. The lowest BCUT2D eigenvalue weighted by atomic mass is 9.91. The lowest BCUT2D eigenvalue weighted by molar-refractivity contribution is 0.295. The predicted molar refractivity (Wildman–Crippen MR) is 25.1 cm³/mol. The smallest absolute Gasteiger partial charge is 0.107 e. The van der Waals surface area contributed by atoms with E-state index in [4.69, 9.17) is 5.11 Å². The van der Waals surface area contributed by atoms with Gasteiger partial charge in [0.05, 0.1) is 0 Å². The Labute approximate surface area is 33.4 Å². The molecule has 0 aliphatic heterocycles. The summed E-state index contributed by atoms with van der Waals surface area (Å²) in [6, 6.07) is 0. The molecule has 0 radical (unpaired) electrons. The lowest BCUT2D eigenvalue weighted by Crippen LogP contribution is -1.89. The van der Waals surface area contributed by atoms with Gasteiger partial charge >= 0.3 is 0 Å². The molecule has 0 fully saturated rings.